The van der Waals surface area contributed by atoms with Crippen molar-refractivity contribution >= 4 is 23.3 Å². The molecule has 0 saturated carbocycles. The minimum Gasteiger partial charge on any atom is -0.384 e. The first-order valence-electron chi connectivity index (χ1n) is 6.41. The van der Waals surface area contributed by atoms with E-state index in [1.54, 1.807) is 24.3 Å². The highest BCUT2D eigenvalue weighted by atomic mass is 35.5. The van der Waals surface area contributed by atoms with Crippen molar-refractivity contribution in [3.8, 4) is 0 Å². The minimum atomic E-state index is -0.223. The molecule has 1 atom stereocenters. The molecule has 0 fully saturated rings. The maximum Gasteiger partial charge on any atom is 0.260 e. The molecule has 0 spiro atoms. The molecule has 3 N–H and O–H groups in total. The average molecular weight is 298 g/mol. The van der Waals surface area contributed by atoms with Crippen LogP contribution in [-0.2, 0) is 9.63 Å². The number of oxime groups is 1. The summed E-state index contributed by atoms with van der Waals surface area (Å²) >= 11 is 5.77. The monoisotopic (exact) mass is 297 g/mol. The second-order valence-electron chi connectivity index (χ2n) is 4.86. The SMILES string of the molecule is CC(C)C(C)NC(=O)CO/N=C(\N)c1ccc(Cl)cc1. The zero-order valence-electron chi connectivity index (χ0n) is 11.9. The third kappa shape index (κ3) is 5.48. The van der Waals surface area contributed by atoms with Crippen molar-refractivity contribution in [3.05, 3.63) is 34.9 Å². The summed E-state index contributed by atoms with van der Waals surface area (Å²) in [6.07, 6.45) is 0. The first-order chi connectivity index (χ1) is 9.40. The quantitative estimate of drug-likeness (QED) is 0.480. The van der Waals surface area contributed by atoms with Gasteiger partial charge in [-0.05, 0) is 37.1 Å². The Morgan fingerprint density at radius 3 is 2.50 bits per heavy atom. The Balaban J connectivity index is 2.44. The molecule has 1 amide bonds. The molecule has 6 heteroatoms. The summed E-state index contributed by atoms with van der Waals surface area (Å²) in [7, 11) is 0. The maximum absolute atomic E-state index is 11.6. The average Bonchev–Trinajstić information content (AvgIpc) is 2.39. The highest BCUT2D eigenvalue weighted by Gasteiger charge is 2.10. The van der Waals surface area contributed by atoms with Crippen LogP contribution in [0.4, 0.5) is 0 Å². The number of hydrogen-bond acceptors (Lipinski definition) is 3. The Kier molecular flexibility index (Phi) is 6.31. The van der Waals surface area contributed by atoms with Crippen LogP contribution < -0.4 is 11.1 Å². The Morgan fingerprint density at radius 1 is 1.35 bits per heavy atom. The molecule has 0 bridgehead atoms. The van der Waals surface area contributed by atoms with Crippen LogP contribution in [0.5, 0.6) is 0 Å². The third-order valence-electron chi connectivity index (χ3n) is 2.89. The van der Waals surface area contributed by atoms with E-state index >= 15 is 0 Å². The Labute approximate surface area is 124 Å². The number of rotatable bonds is 6. The lowest BCUT2D eigenvalue weighted by Crippen LogP contribution is -2.38. The molecule has 0 aromatic heterocycles. The smallest absolute Gasteiger partial charge is 0.260 e. The molecule has 1 rings (SSSR count). The van der Waals surface area contributed by atoms with Crippen LogP contribution in [0.2, 0.25) is 5.02 Å². The van der Waals surface area contributed by atoms with E-state index in [1.807, 2.05) is 20.8 Å². The lowest BCUT2D eigenvalue weighted by Gasteiger charge is -2.16. The lowest BCUT2D eigenvalue weighted by atomic mass is 10.1. The third-order valence-corrected chi connectivity index (χ3v) is 3.14. The van der Waals surface area contributed by atoms with E-state index in [9.17, 15) is 4.79 Å². The van der Waals surface area contributed by atoms with Crippen molar-refractivity contribution in [1.29, 1.82) is 0 Å². The molecule has 110 valence electrons. The number of amidine groups is 1. The number of carbonyl (C=O) groups excluding carboxylic acids is 1. The van der Waals surface area contributed by atoms with E-state index in [1.165, 1.54) is 0 Å². The number of halogens is 1. The van der Waals surface area contributed by atoms with Gasteiger partial charge in [0.05, 0.1) is 0 Å². The molecule has 1 unspecified atom stereocenters. The molecular weight excluding hydrogens is 278 g/mol. The summed E-state index contributed by atoms with van der Waals surface area (Å²) in [4.78, 5) is 16.5. The second-order valence-corrected chi connectivity index (χ2v) is 5.29. The topological polar surface area (TPSA) is 76.7 Å². The minimum absolute atomic E-state index is 0.0868. The standard InChI is InChI=1S/C14H20ClN3O2/c1-9(2)10(3)17-13(19)8-20-18-14(16)11-4-6-12(15)7-5-11/h4-7,9-10H,8H2,1-3H3,(H2,16,18)(H,17,19). The van der Waals surface area contributed by atoms with Crippen LogP contribution in [0.15, 0.2) is 29.4 Å². The number of nitrogens with zero attached hydrogens (tertiary/aromatic N) is 1. The number of carbonyl (C=O) groups is 1. The number of nitrogens with one attached hydrogen (secondary N) is 1. The van der Waals surface area contributed by atoms with Crippen LogP contribution in [0.25, 0.3) is 0 Å². The van der Waals surface area contributed by atoms with E-state index in [4.69, 9.17) is 22.2 Å². The van der Waals surface area contributed by atoms with Gasteiger partial charge in [-0.3, -0.25) is 4.79 Å². The molecule has 0 heterocycles. The van der Waals surface area contributed by atoms with Gasteiger partial charge < -0.3 is 15.9 Å². The van der Waals surface area contributed by atoms with Crippen molar-refractivity contribution in [2.45, 2.75) is 26.8 Å². The molecule has 0 aliphatic heterocycles. The number of nitrogens with two attached hydrogens (primary N) is 1. The second kappa shape index (κ2) is 7.75. The van der Waals surface area contributed by atoms with Gasteiger partial charge in [0, 0.05) is 16.6 Å². The van der Waals surface area contributed by atoms with Gasteiger partial charge in [0.25, 0.3) is 5.91 Å². The summed E-state index contributed by atoms with van der Waals surface area (Å²) < 4.78 is 0. The largest absolute Gasteiger partial charge is 0.384 e. The van der Waals surface area contributed by atoms with E-state index in [-0.39, 0.29) is 24.4 Å². The van der Waals surface area contributed by atoms with Crippen molar-refractivity contribution in [2.24, 2.45) is 16.8 Å². The summed E-state index contributed by atoms with van der Waals surface area (Å²) in [6.45, 7) is 5.84. The molecule has 20 heavy (non-hydrogen) atoms. The molecule has 0 saturated heterocycles. The van der Waals surface area contributed by atoms with Gasteiger partial charge in [-0.25, -0.2) is 0 Å². The summed E-state index contributed by atoms with van der Waals surface area (Å²) in [5.74, 6) is 0.340. The fraction of sp³-hybridized carbons (Fsp3) is 0.429. The van der Waals surface area contributed by atoms with Crippen LogP contribution in [-0.4, -0.2) is 24.4 Å². The Hall–Kier alpha value is -1.75. The van der Waals surface area contributed by atoms with E-state index in [2.05, 4.69) is 10.5 Å². The Morgan fingerprint density at radius 2 is 1.95 bits per heavy atom. The van der Waals surface area contributed by atoms with Crippen LogP contribution in [0.3, 0.4) is 0 Å². The van der Waals surface area contributed by atoms with Gasteiger partial charge in [-0.1, -0.05) is 30.6 Å². The van der Waals surface area contributed by atoms with E-state index in [0.717, 1.165) is 0 Å². The lowest BCUT2D eigenvalue weighted by molar-refractivity contribution is -0.126. The first kappa shape index (κ1) is 16.3. The van der Waals surface area contributed by atoms with Gasteiger partial charge >= 0.3 is 0 Å². The van der Waals surface area contributed by atoms with Crippen LogP contribution in [0, 0.1) is 5.92 Å². The van der Waals surface area contributed by atoms with Crippen molar-refractivity contribution in [3.63, 3.8) is 0 Å². The predicted molar refractivity (Wildman–Crippen MR) is 80.6 cm³/mol. The van der Waals surface area contributed by atoms with Gasteiger partial charge in [0.1, 0.15) is 0 Å². The van der Waals surface area contributed by atoms with Crippen LogP contribution >= 0.6 is 11.6 Å². The highest BCUT2D eigenvalue weighted by Crippen LogP contribution is 2.09. The molecule has 1 aromatic carbocycles. The molecule has 1 aromatic rings. The summed E-state index contributed by atoms with van der Waals surface area (Å²) in [5, 5.41) is 7.13. The summed E-state index contributed by atoms with van der Waals surface area (Å²) in [6, 6.07) is 6.95. The Bertz CT molecular complexity index is 472. The fourth-order valence-electron chi connectivity index (χ4n) is 1.30. The zero-order chi connectivity index (χ0) is 15.1. The van der Waals surface area contributed by atoms with Gasteiger partial charge in [0.15, 0.2) is 12.4 Å². The number of benzene rings is 1. The first-order valence-corrected chi connectivity index (χ1v) is 6.78. The predicted octanol–water partition coefficient (Wildman–Crippen LogP) is 2.14. The van der Waals surface area contributed by atoms with E-state index < -0.39 is 0 Å². The van der Waals surface area contributed by atoms with E-state index in [0.29, 0.717) is 16.5 Å². The normalized spacial score (nSPS) is 13.2. The van der Waals surface area contributed by atoms with Crippen LogP contribution in [0.1, 0.15) is 26.3 Å². The molecule has 0 aliphatic carbocycles. The molecule has 0 radical (unpaired) electrons. The zero-order valence-corrected chi connectivity index (χ0v) is 12.6. The van der Waals surface area contributed by atoms with Gasteiger partial charge in [0.2, 0.25) is 0 Å². The maximum atomic E-state index is 11.6. The van der Waals surface area contributed by atoms with Gasteiger partial charge in [-0.2, -0.15) is 0 Å². The number of hydrogen-bond donors (Lipinski definition) is 2. The summed E-state index contributed by atoms with van der Waals surface area (Å²) in [5.41, 5.74) is 6.42. The van der Waals surface area contributed by atoms with Gasteiger partial charge in [-0.15, -0.1) is 0 Å². The number of amides is 1. The molecule has 0 aliphatic rings. The van der Waals surface area contributed by atoms with Crippen molar-refractivity contribution < 1.29 is 9.63 Å². The van der Waals surface area contributed by atoms with Crippen molar-refractivity contribution in [1.82, 2.24) is 5.32 Å². The highest BCUT2D eigenvalue weighted by molar-refractivity contribution is 6.30. The molecular formula is C14H20ClN3O2. The fourth-order valence-corrected chi connectivity index (χ4v) is 1.42. The van der Waals surface area contributed by atoms with Crippen molar-refractivity contribution in [2.75, 3.05) is 6.61 Å². The molecule has 5 nitrogen and oxygen atoms in total.